The molecular weight excluding hydrogens is 404 g/mol. The molecule has 1 amide bonds. The van der Waals surface area contributed by atoms with Gasteiger partial charge in [0.25, 0.3) is 0 Å². The van der Waals surface area contributed by atoms with Crippen molar-refractivity contribution < 1.29 is 4.79 Å². The summed E-state index contributed by atoms with van der Waals surface area (Å²) < 4.78 is 0. The van der Waals surface area contributed by atoms with Crippen LogP contribution >= 0.6 is 22.9 Å². The third-order valence-corrected chi connectivity index (χ3v) is 5.19. The molecule has 7 heteroatoms. The number of thiazole rings is 1. The van der Waals surface area contributed by atoms with Gasteiger partial charge in [-0.1, -0.05) is 23.7 Å². The van der Waals surface area contributed by atoms with E-state index in [0.29, 0.717) is 11.4 Å². The summed E-state index contributed by atoms with van der Waals surface area (Å²) in [5.74, 6) is -0.0741. The van der Waals surface area contributed by atoms with Crippen LogP contribution < -0.4 is 10.6 Å². The van der Waals surface area contributed by atoms with Gasteiger partial charge >= 0.3 is 0 Å². The largest absolute Gasteiger partial charge is 0.332 e. The minimum Gasteiger partial charge on any atom is -0.332 e. The van der Waals surface area contributed by atoms with Gasteiger partial charge < -0.3 is 10.6 Å². The highest BCUT2D eigenvalue weighted by atomic mass is 35.5. The number of carbonyl (C=O) groups excluding carboxylic acids is 1. The van der Waals surface area contributed by atoms with Gasteiger partial charge in [0.1, 0.15) is 0 Å². The fourth-order valence-corrected chi connectivity index (χ4v) is 3.61. The molecule has 0 saturated heterocycles. The van der Waals surface area contributed by atoms with E-state index in [1.54, 1.807) is 24.5 Å². The summed E-state index contributed by atoms with van der Waals surface area (Å²) >= 11 is 7.41. The van der Waals surface area contributed by atoms with Crippen molar-refractivity contribution in [2.24, 2.45) is 0 Å². The molecule has 2 heterocycles. The molecular formula is C22H17ClN4OS. The Morgan fingerprint density at radius 3 is 2.34 bits per heavy atom. The van der Waals surface area contributed by atoms with Gasteiger partial charge in [-0.3, -0.25) is 9.78 Å². The van der Waals surface area contributed by atoms with Gasteiger partial charge in [-0.2, -0.15) is 0 Å². The standard InChI is InChI=1S/C22H17ClN4OS/c23-17-3-1-15(2-4-17)13-21(28)25-18-5-7-19(8-6-18)26-22-27-20(14-29-22)16-9-11-24-12-10-16/h1-12,14H,13H2,(H,25,28)(H,26,27). The number of rotatable bonds is 6. The lowest BCUT2D eigenvalue weighted by atomic mass is 10.1. The minimum absolute atomic E-state index is 0.0741. The molecule has 0 atom stereocenters. The van der Waals surface area contributed by atoms with Crippen LogP contribution in [0.5, 0.6) is 0 Å². The lowest BCUT2D eigenvalue weighted by molar-refractivity contribution is -0.115. The summed E-state index contributed by atoms with van der Waals surface area (Å²) in [6.45, 7) is 0. The summed E-state index contributed by atoms with van der Waals surface area (Å²) in [5.41, 5.74) is 4.50. The molecule has 0 radical (unpaired) electrons. The Morgan fingerprint density at radius 1 is 0.931 bits per heavy atom. The third-order valence-electron chi connectivity index (χ3n) is 4.18. The molecule has 2 aromatic carbocycles. The summed E-state index contributed by atoms with van der Waals surface area (Å²) in [6, 6.07) is 18.7. The van der Waals surface area contributed by atoms with Crippen molar-refractivity contribution in [3.8, 4) is 11.3 Å². The first kappa shape index (κ1) is 19.1. The predicted octanol–water partition coefficient (Wildman–Crippen LogP) is 5.78. The molecule has 2 aromatic heterocycles. The maximum atomic E-state index is 12.2. The van der Waals surface area contributed by atoms with Crippen LogP contribution in [0.4, 0.5) is 16.5 Å². The van der Waals surface area contributed by atoms with E-state index in [-0.39, 0.29) is 5.91 Å². The third kappa shape index (κ3) is 5.19. The van der Waals surface area contributed by atoms with Gasteiger partial charge in [0.15, 0.2) is 5.13 Å². The molecule has 0 fully saturated rings. The van der Waals surface area contributed by atoms with Crippen LogP contribution in [0.2, 0.25) is 5.02 Å². The molecule has 144 valence electrons. The number of carbonyl (C=O) groups is 1. The van der Waals surface area contributed by atoms with Crippen LogP contribution in [0.15, 0.2) is 78.4 Å². The van der Waals surface area contributed by atoms with Crippen LogP contribution in [-0.4, -0.2) is 15.9 Å². The SMILES string of the molecule is O=C(Cc1ccc(Cl)cc1)Nc1ccc(Nc2nc(-c3ccncc3)cs2)cc1. The molecule has 0 bridgehead atoms. The first-order chi connectivity index (χ1) is 14.2. The van der Waals surface area contributed by atoms with E-state index in [2.05, 4.69) is 20.6 Å². The van der Waals surface area contributed by atoms with Gasteiger partial charge in [0, 0.05) is 39.7 Å². The number of nitrogens with one attached hydrogen (secondary N) is 2. The molecule has 2 N–H and O–H groups in total. The predicted molar refractivity (Wildman–Crippen MR) is 119 cm³/mol. The van der Waals surface area contributed by atoms with Crippen molar-refractivity contribution in [3.05, 3.63) is 89.0 Å². The second kappa shape index (κ2) is 8.86. The van der Waals surface area contributed by atoms with Gasteiger partial charge in [-0.05, 0) is 54.1 Å². The van der Waals surface area contributed by atoms with Crippen molar-refractivity contribution >= 4 is 45.4 Å². The topological polar surface area (TPSA) is 66.9 Å². The van der Waals surface area contributed by atoms with E-state index in [1.165, 1.54) is 11.3 Å². The molecule has 4 rings (SSSR count). The Balaban J connectivity index is 1.35. The monoisotopic (exact) mass is 420 g/mol. The van der Waals surface area contributed by atoms with Gasteiger partial charge in [-0.15, -0.1) is 11.3 Å². The Kier molecular flexibility index (Phi) is 5.84. The number of anilines is 3. The number of benzene rings is 2. The van der Waals surface area contributed by atoms with Gasteiger partial charge in [-0.25, -0.2) is 4.98 Å². The van der Waals surface area contributed by atoms with E-state index in [1.807, 2.05) is 53.9 Å². The van der Waals surface area contributed by atoms with Crippen molar-refractivity contribution in [2.75, 3.05) is 10.6 Å². The summed E-state index contributed by atoms with van der Waals surface area (Å²) in [5, 5.41) is 9.65. The highest BCUT2D eigenvalue weighted by Crippen LogP contribution is 2.27. The van der Waals surface area contributed by atoms with E-state index in [0.717, 1.165) is 33.3 Å². The second-order valence-corrected chi connectivity index (χ2v) is 7.62. The highest BCUT2D eigenvalue weighted by molar-refractivity contribution is 7.14. The first-order valence-electron chi connectivity index (χ1n) is 8.93. The van der Waals surface area contributed by atoms with Crippen LogP contribution in [-0.2, 0) is 11.2 Å². The number of pyridine rings is 1. The number of hydrogen-bond donors (Lipinski definition) is 2. The second-order valence-electron chi connectivity index (χ2n) is 6.33. The Labute approximate surface area is 177 Å². The Bertz CT molecular complexity index is 1100. The number of aromatic nitrogens is 2. The van der Waals surface area contributed by atoms with Gasteiger partial charge in [0.2, 0.25) is 5.91 Å². The molecule has 0 aliphatic heterocycles. The average molecular weight is 421 g/mol. The Hall–Kier alpha value is -3.22. The van der Waals surface area contributed by atoms with E-state index in [4.69, 9.17) is 11.6 Å². The summed E-state index contributed by atoms with van der Waals surface area (Å²) in [4.78, 5) is 20.8. The van der Waals surface area contributed by atoms with Crippen molar-refractivity contribution in [1.82, 2.24) is 9.97 Å². The normalized spacial score (nSPS) is 10.5. The Morgan fingerprint density at radius 2 is 1.62 bits per heavy atom. The van der Waals surface area contributed by atoms with Crippen molar-refractivity contribution in [3.63, 3.8) is 0 Å². The van der Waals surface area contributed by atoms with Gasteiger partial charge in [0.05, 0.1) is 12.1 Å². The number of halogens is 1. The smallest absolute Gasteiger partial charge is 0.228 e. The van der Waals surface area contributed by atoms with Crippen LogP contribution in [0, 0.1) is 0 Å². The molecule has 0 aliphatic rings. The molecule has 0 spiro atoms. The zero-order chi connectivity index (χ0) is 20.1. The molecule has 0 aliphatic carbocycles. The van der Waals surface area contributed by atoms with Crippen LogP contribution in [0.3, 0.4) is 0 Å². The van der Waals surface area contributed by atoms with Crippen molar-refractivity contribution in [2.45, 2.75) is 6.42 Å². The average Bonchev–Trinajstić information content (AvgIpc) is 3.20. The zero-order valence-corrected chi connectivity index (χ0v) is 16.9. The lowest BCUT2D eigenvalue weighted by Crippen LogP contribution is -2.14. The molecule has 0 saturated carbocycles. The lowest BCUT2D eigenvalue weighted by Gasteiger charge is -2.07. The summed E-state index contributed by atoms with van der Waals surface area (Å²) in [6.07, 6.45) is 3.80. The molecule has 5 nitrogen and oxygen atoms in total. The number of hydrogen-bond acceptors (Lipinski definition) is 5. The molecule has 4 aromatic rings. The first-order valence-corrected chi connectivity index (χ1v) is 10.2. The van der Waals surface area contributed by atoms with E-state index >= 15 is 0 Å². The minimum atomic E-state index is -0.0741. The summed E-state index contributed by atoms with van der Waals surface area (Å²) in [7, 11) is 0. The molecule has 29 heavy (non-hydrogen) atoms. The fraction of sp³-hybridized carbons (Fsp3) is 0.0455. The van der Waals surface area contributed by atoms with E-state index < -0.39 is 0 Å². The van der Waals surface area contributed by atoms with Crippen molar-refractivity contribution in [1.29, 1.82) is 0 Å². The zero-order valence-electron chi connectivity index (χ0n) is 15.3. The fourth-order valence-electron chi connectivity index (χ4n) is 2.74. The number of nitrogens with zero attached hydrogens (tertiary/aromatic N) is 2. The maximum absolute atomic E-state index is 12.2. The quantitative estimate of drug-likeness (QED) is 0.414. The molecule has 0 unspecified atom stereocenters. The van der Waals surface area contributed by atoms with Crippen LogP contribution in [0.1, 0.15) is 5.56 Å². The number of amides is 1. The highest BCUT2D eigenvalue weighted by Gasteiger charge is 2.06. The van der Waals surface area contributed by atoms with E-state index in [9.17, 15) is 4.79 Å². The maximum Gasteiger partial charge on any atom is 0.228 e. The van der Waals surface area contributed by atoms with Crippen LogP contribution in [0.25, 0.3) is 11.3 Å².